The van der Waals surface area contributed by atoms with E-state index in [0.717, 1.165) is 0 Å². The number of esters is 1. The van der Waals surface area contributed by atoms with E-state index in [1.165, 1.54) is 13.3 Å². The second kappa shape index (κ2) is 4.85. The van der Waals surface area contributed by atoms with Crippen LogP contribution in [0.25, 0.3) is 0 Å². The minimum Gasteiger partial charge on any atom is -0.468 e. The van der Waals surface area contributed by atoms with Gasteiger partial charge in [-0.15, -0.1) is 0 Å². The number of rotatable bonds is 3. The standard InChI is InChI=1S/C9H8BrNO3/c1-14-9(13)7(10)8(12)6-3-2-4-11-5-6/h2-5,7H,1H3. The summed E-state index contributed by atoms with van der Waals surface area (Å²) in [5.74, 6) is -0.969. The van der Waals surface area contributed by atoms with E-state index < -0.39 is 10.8 Å². The molecule has 0 aliphatic rings. The number of ketones is 1. The zero-order valence-corrected chi connectivity index (χ0v) is 9.02. The Labute approximate surface area is 89.4 Å². The summed E-state index contributed by atoms with van der Waals surface area (Å²) in [4.78, 5) is 25.4. The van der Waals surface area contributed by atoms with Gasteiger partial charge in [0, 0.05) is 18.0 Å². The molecular weight excluding hydrogens is 250 g/mol. The fraction of sp³-hybridized carbons (Fsp3) is 0.222. The van der Waals surface area contributed by atoms with Crippen LogP contribution in [0, 0.1) is 0 Å². The fourth-order valence-electron chi connectivity index (χ4n) is 0.865. The summed E-state index contributed by atoms with van der Waals surface area (Å²) in [6.45, 7) is 0. The molecule has 1 aromatic rings. The van der Waals surface area contributed by atoms with Gasteiger partial charge in [0.1, 0.15) is 0 Å². The van der Waals surface area contributed by atoms with E-state index in [4.69, 9.17) is 0 Å². The van der Waals surface area contributed by atoms with Crippen LogP contribution in [0.15, 0.2) is 24.5 Å². The molecule has 0 amide bonds. The monoisotopic (exact) mass is 257 g/mol. The molecule has 1 atom stereocenters. The molecule has 0 bridgehead atoms. The molecule has 4 nitrogen and oxygen atoms in total. The van der Waals surface area contributed by atoms with Crippen LogP contribution in [-0.2, 0) is 9.53 Å². The highest BCUT2D eigenvalue weighted by molar-refractivity contribution is 9.10. The molecule has 0 N–H and O–H groups in total. The molecule has 1 aromatic heterocycles. The van der Waals surface area contributed by atoms with Crippen molar-refractivity contribution in [3.63, 3.8) is 0 Å². The van der Waals surface area contributed by atoms with Gasteiger partial charge in [-0.3, -0.25) is 14.6 Å². The van der Waals surface area contributed by atoms with Crippen molar-refractivity contribution in [2.75, 3.05) is 7.11 Å². The average Bonchev–Trinajstić information content (AvgIpc) is 2.27. The predicted octanol–water partition coefficient (Wildman–Crippen LogP) is 1.20. The summed E-state index contributed by atoms with van der Waals surface area (Å²) in [5.41, 5.74) is 0.375. The Bertz CT molecular complexity index is 339. The smallest absolute Gasteiger partial charge is 0.327 e. The van der Waals surface area contributed by atoms with Gasteiger partial charge in [-0.1, -0.05) is 15.9 Å². The highest BCUT2D eigenvalue weighted by atomic mass is 79.9. The van der Waals surface area contributed by atoms with Crippen LogP contribution in [0.4, 0.5) is 0 Å². The summed E-state index contributed by atoms with van der Waals surface area (Å²) >= 11 is 2.95. The van der Waals surface area contributed by atoms with E-state index in [1.807, 2.05) is 0 Å². The summed E-state index contributed by atoms with van der Waals surface area (Å²) in [5, 5.41) is 0. The zero-order valence-electron chi connectivity index (χ0n) is 7.44. The van der Waals surface area contributed by atoms with Gasteiger partial charge in [-0.2, -0.15) is 0 Å². The maximum atomic E-state index is 11.6. The van der Waals surface area contributed by atoms with Crippen molar-refractivity contribution in [3.05, 3.63) is 30.1 Å². The van der Waals surface area contributed by atoms with Crippen molar-refractivity contribution in [1.29, 1.82) is 0 Å². The molecule has 14 heavy (non-hydrogen) atoms. The van der Waals surface area contributed by atoms with Crippen LogP contribution in [0.2, 0.25) is 0 Å². The number of halogens is 1. The molecule has 0 saturated carbocycles. The van der Waals surface area contributed by atoms with Gasteiger partial charge in [0.25, 0.3) is 0 Å². The van der Waals surface area contributed by atoms with E-state index in [1.54, 1.807) is 18.3 Å². The average molecular weight is 258 g/mol. The summed E-state index contributed by atoms with van der Waals surface area (Å²) in [7, 11) is 1.23. The Hall–Kier alpha value is -1.23. The first-order valence-corrected chi connectivity index (χ1v) is 4.74. The van der Waals surface area contributed by atoms with Crippen molar-refractivity contribution in [2.45, 2.75) is 4.83 Å². The number of nitrogens with zero attached hydrogens (tertiary/aromatic N) is 1. The number of hydrogen-bond donors (Lipinski definition) is 0. The molecule has 5 heteroatoms. The number of hydrogen-bond acceptors (Lipinski definition) is 4. The number of Topliss-reactive ketones (excluding diaryl/α,β-unsaturated/α-hetero) is 1. The summed E-state index contributed by atoms with van der Waals surface area (Å²) < 4.78 is 4.43. The Morgan fingerprint density at radius 2 is 2.29 bits per heavy atom. The minimum absolute atomic E-state index is 0.357. The lowest BCUT2D eigenvalue weighted by Crippen LogP contribution is -2.25. The van der Waals surface area contributed by atoms with Gasteiger partial charge < -0.3 is 4.74 Å². The Kier molecular flexibility index (Phi) is 3.76. The molecule has 74 valence electrons. The highest BCUT2D eigenvalue weighted by Gasteiger charge is 2.25. The first kappa shape index (κ1) is 10.8. The molecule has 0 aliphatic carbocycles. The van der Waals surface area contributed by atoms with E-state index in [2.05, 4.69) is 25.7 Å². The number of alkyl halides is 1. The van der Waals surface area contributed by atoms with E-state index in [-0.39, 0.29) is 5.78 Å². The normalized spacial score (nSPS) is 11.9. The van der Waals surface area contributed by atoms with E-state index in [9.17, 15) is 9.59 Å². The van der Waals surface area contributed by atoms with Crippen LogP contribution in [0.3, 0.4) is 0 Å². The molecule has 0 aliphatic heterocycles. The first-order chi connectivity index (χ1) is 6.66. The van der Waals surface area contributed by atoms with Crippen molar-refractivity contribution >= 4 is 27.7 Å². The van der Waals surface area contributed by atoms with E-state index in [0.29, 0.717) is 5.56 Å². The zero-order chi connectivity index (χ0) is 10.6. The Morgan fingerprint density at radius 1 is 1.57 bits per heavy atom. The molecule has 1 rings (SSSR count). The molecule has 0 aromatic carbocycles. The third kappa shape index (κ3) is 2.38. The number of aromatic nitrogens is 1. The maximum absolute atomic E-state index is 11.6. The van der Waals surface area contributed by atoms with Crippen molar-refractivity contribution in [1.82, 2.24) is 4.98 Å². The largest absolute Gasteiger partial charge is 0.468 e. The molecule has 0 spiro atoms. The topological polar surface area (TPSA) is 56.3 Å². The van der Waals surface area contributed by atoms with Crippen molar-refractivity contribution < 1.29 is 14.3 Å². The van der Waals surface area contributed by atoms with Crippen LogP contribution in [-0.4, -0.2) is 28.7 Å². The molecule has 0 saturated heterocycles. The number of methoxy groups -OCH3 is 1. The quantitative estimate of drug-likeness (QED) is 0.354. The van der Waals surface area contributed by atoms with Gasteiger partial charge in [0.2, 0.25) is 0 Å². The van der Waals surface area contributed by atoms with Crippen LogP contribution in [0.5, 0.6) is 0 Å². The van der Waals surface area contributed by atoms with Crippen LogP contribution < -0.4 is 0 Å². The molecular formula is C9H8BrNO3. The predicted molar refractivity (Wildman–Crippen MR) is 53.3 cm³/mol. The van der Waals surface area contributed by atoms with Crippen molar-refractivity contribution in [2.24, 2.45) is 0 Å². The molecule has 1 heterocycles. The lowest BCUT2D eigenvalue weighted by Gasteiger charge is -2.05. The fourth-order valence-corrected chi connectivity index (χ4v) is 1.32. The van der Waals surface area contributed by atoms with Crippen molar-refractivity contribution in [3.8, 4) is 0 Å². The molecule has 0 radical (unpaired) electrons. The molecule has 1 unspecified atom stereocenters. The number of pyridine rings is 1. The van der Waals surface area contributed by atoms with Crippen LogP contribution >= 0.6 is 15.9 Å². The summed E-state index contributed by atoms with van der Waals surface area (Å²) in [6, 6.07) is 3.22. The highest BCUT2D eigenvalue weighted by Crippen LogP contribution is 2.10. The lowest BCUT2D eigenvalue weighted by molar-refractivity contribution is -0.138. The van der Waals surface area contributed by atoms with Gasteiger partial charge in [0.15, 0.2) is 10.6 Å². The Morgan fingerprint density at radius 3 is 2.79 bits per heavy atom. The third-order valence-electron chi connectivity index (χ3n) is 1.58. The molecule has 0 fully saturated rings. The first-order valence-electron chi connectivity index (χ1n) is 3.83. The summed E-state index contributed by atoms with van der Waals surface area (Å²) in [6.07, 6.45) is 2.96. The lowest BCUT2D eigenvalue weighted by atomic mass is 10.1. The minimum atomic E-state index is -0.961. The van der Waals surface area contributed by atoms with Gasteiger partial charge in [-0.25, -0.2) is 0 Å². The van der Waals surface area contributed by atoms with E-state index >= 15 is 0 Å². The van der Waals surface area contributed by atoms with Gasteiger partial charge >= 0.3 is 5.97 Å². The number of carbonyl (C=O) groups is 2. The second-order valence-corrected chi connectivity index (χ2v) is 3.41. The maximum Gasteiger partial charge on any atom is 0.327 e. The van der Waals surface area contributed by atoms with Crippen LogP contribution in [0.1, 0.15) is 10.4 Å². The van der Waals surface area contributed by atoms with Gasteiger partial charge in [0.05, 0.1) is 7.11 Å². The van der Waals surface area contributed by atoms with Gasteiger partial charge in [-0.05, 0) is 12.1 Å². The Balaban J connectivity index is 2.81. The SMILES string of the molecule is COC(=O)C(Br)C(=O)c1cccnc1. The number of carbonyl (C=O) groups excluding carboxylic acids is 2. The second-order valence-electron chi connectivity index (χ2n) is 2.49. The number of ether oxygens (including phenoxy) is 1. The third-order valence-corrected chi connectivity index (χ3v) is 2.37.